The lowest BCUT2D eigenvalue weighted by Crippen LogP contribution is -2.65. The molecule has 1 aliphatic heterocycles. The van der Waals surface area contributed by atoms with Gasteiger partial charge in [-0.1, -0.05) is 64.5 Å². The molecule has 2 aromatic carbocycles. The van der Waals surface area contributed by atoms with E-state index in [9.17, 15) is 4.79 Å². The van der Waals surface area contributed by atoms with Crippen molar-refractivity contribution in [2.45, 2.75) is 31.8 Å². The molecule has 1 unspecified atom stereocenters. The van der Waals surface area contributed by atoms with Crippen molar-refractivity contribution in [2.24, 2.45) is 0 Å². The second-order valence-corrected chi connectivity index (χ2v) is 7.37. The molecular weight excluding hydrogens is 364 g/mol. The van der Waals surface area contributed by atoms with Gasteiger partial charge in [0.2, 0.25) is 5.91 Å². The number of halogens is 1. The summed E-state index contributed by atoms with van der Waals surface area (Å²) >= 11 is 3.53. The van der Waals surface area contributed by atoms with Crippen molar-refractivity contribution in [2.75, 3.05) is 13.1 Å². The van der Waals surface area contributed by atoms with Crippen LogP contribution in [0.15, 0.2) is 59.1 Å². The van der Waals surface area contributed by atoms with Gasteiger partial charge in [0.1, 0.15) is 0 Å². The van der Waals surface area contributed by atoms with Gasteiger partial charge < -0.3 is 5.32 Å². The fraction of sp³-hybridized carbons (Fsp3) is 0.350. The monoisotopic (exact) mass is 386 g/mol. The number of carbonyl (C=O) groups excluding carboxylic acids is 1. The van der Waals surface area contributed by atoms with Crippen LogP contribution in [0.1, 0.15) is 24.5 Å². The number of hydrogen-bond acceptors (Lipinski definition) is 2. The average molecular weight is 387 g/mol. The van der Waals surface area contributed by atoms with Crippen LogP contribution in [-0.4, -0.2) is 29.4 Å². The van der Waals surface area contributed by atoms with Crippen LogP contribution in [-0.2, 0) is 17.8 Å². The molecule has 1 N–H and O–H groups in total. The van der Waals surface area contributed by atoms with E-state index in [4.69, 9.17) is 0 Å². The molecule has 0 bridgehead atoms. The summed E-state index contributed by atoms with van der Waals surface area (Å²) in [7, 11) is 0. The molecule has 4 heteroatoms. The molecule has 1 saturated heterocycles. The molecule has 2 aromatic rings. The van der Waals surface area contributed by atoms with E-state index in [0.29, 0.717) is 6.54 Å². The maximum absolute atomic E-state index is 12.7. The Kier molecular flexibility index (Phi) is 5.36. The Morgan fingerprint density at radius 3 is 2.54 bits per heavy atom. The van der Waals surface area contributed by atoms with Crippen LogP contribution < -0.4 is 5.32 Å². The van der Waals surface area contributed by atoms with E-state index in [-0.39, 0.29) is 11.4 Å². The Bertz CT molecular complexity index is 704. The third kappa shape index (κ3) is 3.70. The van der Waals surface area contributed by atoms with E-state index in [1.165, 1.54) is 5.56 Å². The molecule has 24 heavy (non-hydrogen) atoms. The second kappa shape index (κ2) is 7.49. The van der Waals surface area contributed by atoms with E-state index < -0.39 is 0 Å². The lowest BCUT2D eigenvalue weighted by atomic mass is 9.85. The van der Waals surface area contributed by atoms with Crippen molar-refractivity contribution in [1.29, 1.82) is 0 Å². The molecular formula is C20H23BrN2O. The fourth-order valence-electron chi connectivity index (χ4n) is 3.14. The Balaban J connectivity index is 1.54. The first-order valence-corrected chi connectivity index (χ1v) is 9.19. The van der Waals surface area contributed by atoms with Gasteiger partial charge in [-0.15, -0.1) is 0 Å². The smallest absolute Gasteiger partial charge is 0.240 e. The number of nitrogens with one attached hydrogen (secondary N) is 1. The number of benzene rings is 2. The third-order valence-electron chi connectivity index (χ3n) is 4.97. The Labute approximate surface area is 152 Å². The van der Waals surface area contributed by atoms with Gasteiger partial charge in [0.25, 0.3) is 0 Å². The van der Waals surface area contributed by atoms with E-state index in [0.717, 1.165) is 36.0 Å². The highest BCUT2D eigenvalue weighted by Crippen LogP contribution is 2.30. The largest absolute Gasteiger partial charge is 0.350 e. The highest BCUT2D eigenvalue weighted by atomic mass is 79.9. The zero-order valence-corrected chi connectivity index (χ0v) is 15.6. The molecule has 3 rings (SSSR count). The number of carbonyl (C=O) groups is 1. The Morgan fingerprint density at radius 1 is 1.17 bits per heavy atom. The van der Waals surface area contributed by atoms with E-state index in [1.54, 1.807) is 0 Å². The van der Waals surface area contributed by atoms with Crippen LogP contribution in [0.5, 0.6) is 0 Å². The van der Waals surface area contributed by atoms with E-state index >= 15 is 0 Å². The van der Waals surface area contributed by atoms with Crippen molar-refractivity contribution >= 4 is 21.8 Å². The molecule has 126 valence electrons. The van der Waals surface area contributed by atoms with Crippen molar-refractivity contribution in [3.8, 4) is 0 Å². The van der Waals surface area contributed by atoms with Gasteiger partial charge in [-0.3, -0.25) is 9.69 Å². The van der Waals surface area contributed by atoms with Crippen molar-refractivity contribution in [1.82, 2.24) is 10.2 Å². The molecule has 1 aliphatic rings. The zero-order valence-electron chi connectivity index (χ0n) is 14.0. The summed E-state index contributed by atoms with van der Waals surface area (Å²) in [6, 6.07) is 18.4. The van der Waals surface area contributed by atoms with Gasteiger partial charge in [0.15, 0.2) is 0 Å². The molecule has 0 saturated carbocycles. The predicted octanol–water partition coefficient (Wildman–Crippen LogP) is 3.77. The topological polar surface area (TPSA) is 32.3 Å². The minimum Gasteiger partial charge on any atom is -0.350 e. The van der Waals surface area contributed by atoms with Crippen LogP contribution in [0.4, 0.5) is 0 Å². The van der Waals surface area contributed by atoms with Crippen molar-refractivity contribution in [3.63, 3.8) is 0 Å². The van der Waals surface area contributed by atoms with Gasteiger partial charge in [0.05, 0.1) is 5.54 Å². The molecule has 3 nitrogen and oxygen atoms in total. The quantitative estimate of drug-likeness (QED) is 0.819. The van der Waals surface area contributed by atoms with Crippen LogP contribution >= 0.6 is 15.9 Å². The van der Waals surface area contributed by atoms with Gasteiger partial charge in [-0.05, 0) is 37.0 Å². The predicted molar refractivity (Wildman–Crippen MR) is 101 cm³/mol. The summed E-state index contributed by atoms with van der Waals surface area (Å²) in [4.78, 5) is 15.0. The first-order chi connectivity index (χ1) is 11.6. The van der Waals surface area contributed by atoms with Gasteiger partial charge in [-0.25, -0.2) is 0 Å². The van der Waals surface area contributed by atoms with Crippen molar-refractivity contribution in [3.05, 3.63) is 70.2 Å². The summed E-state index contributed by atoms with van der Waals surface area (Å²) < 4.78 is 1.03. The number of likely N-dealkylation sites (tertiary alicyclic amines) is 1. The van der Waals surface area contributed by atoms with Crippen LogP contribution in [0, 0.1) is 0 Å². The van der Waals surface area contributed by atoms with Crippen molar-refractivity contribution < 1.29 is 4.79 Å². The van der Waals surface area contributed by atoms with Gasteiger partial charge >= 0.3 is 0 Å². The first kappa shape index (κ1) is 17.2. The number of amides is 1. The molecule has 1 amide bonds. The van der Waals surface area contributed by atoms with E-state index in [1.807, 2.05) is 30.3 Å². The zero-order chi connectivity index (χ0) is 17.0. The highest BCUT2D eigenvalue weighted by Gasteiger charge is 2.46. The molecule has 0 radical (unpaired) electrons. The Hall–Kier alpha value is -1.65. The van der Waals surface area contributed by atoms with E-state index in [2.05, 4.69) is 57.3 Å². The number of hydrogen-bond donors (Lipinski definition) is 1. The average Bonchev–Trinajstić information content (AvgIpc) is 2.60. The lowest BCUT2D eigenvalue weighted by Gasteiger charge is -2.49. The van der Waals surface area contributed by atoms with Gasteiger partial charge in [-0.2, -0.15) is 0 Å². The third-order valence-corrected chi connectivity index (χ3v) is 5.74. The minimum atomic E-state index is -0.379. The number of nitrogens with zero attached hydrogens (tertiary/aromatic N) is 1. The standard InChI is InChI=1S/C20H23BrN2O/c1-20(19(24)22-15-17-9-5-6-10-18(17)21)12-14-23(20)13-11-16-7-3-2-4-8-16/h2-10H,11-15H2,1H3,(H,22,24). The molecule has 1 fully saturated rings. The SMILES string of the molecule is CC1(C(=O)NCc2ccccc2Br)CCN1CCc1ccccc1. The normalized spacial score (nSPS) is 20.4. The van der Waals surface area contributed by atoms with Crippen LogP contribution in [0.3, 0.4) is 0 Å². The maximum atomic E-state index is 12.7. The summed E-state index contributed by atoms with van der Waals surface area (Å²) in [5.74, 6) is 0.123. The highest BCUT2D eigenvalue weighted by molar-refractivity contribution is 9.10. The fourth-order valence-corrected chi connectivity index (χ4v) is 3.56. The summed E-state index contributed by atoms with van der Waals surface area (Å²) in [6.07, 6.45) is 1.90. The number of rotatable bonds is 6. The first-order valence-electron chi connectivity index (χ1n) is 8.40. The minimum absolute atomic E-state index is 0.123. The molecule has 0 aromatic heterocycles. The molecule has 0 spiro atoms. The Morgan fingerprint density at radius 2 is 1.88 bits per heavy atom. The summed E-state index contributed by atoms with van der Waals surface area (Å²) in [6.45, 7) is 4.52. The van der Waals surface area contributed by atoms with Gasteiger partial charge in [0, 0.05) is 24.1 Å². The second-order valence-electron chi connectivity index (χ2n) is 6.52. The maximum Gasteiger partial charge on any atom is 0.240 e. The van der Waals surface area contributed by atoms with Crippen LogP contribution in [0.25, 0.3) is 0 Å². The molecule has 1 heterocycles. The summed E-state index contributed by atoms with van der Waals surface area (Å²) in [5.41, 5.74) is 2.04. The molecule has 1 atom stereocenters. The van der Waals surface area contributed by atoms with Crippen LogP contribution in [0.2, 0.25) is 0 Å². The summed E-state index contributed by atoms with van der Waals surface area (Å²) in [5, 5.41) is 3.10. The molecule has 0 aliphatic carbocycles. The lowest BCUT2D eigenvalue weighted by molar-refractivity contribution is -0.141.